The standard InChI is InChI=1S/C22H29N3O3/c1-6-15(5)20-16(7-2)21(28-13-27-19(26)12-14(3)4)25-18-11-9-8-10-17(18)23-22(25)24-20/h8-11,14-15H,6-7,12-13H2,1-5H3. The van der Waals surface area contributed by atoms with Crippen LogP contribution in [0.5, 0.6) is 5.88 Å². The zero-order valence-electron chi connectivity index (χ0n) is 17.4. The monoisotopic (exact) mass is 383 g/mol. The van der Waals surface area contributed by atoms with Gasteiger partial charge in [0.15, 0.2) is 0 Å². The van der Waals surface area contributed by atoms with Crippen molar-refractivity contribution < 1.29 is 14.3 Å². The Hall–Kier alpha value is -2.63. The molecular weight excluding hydrogens is 354 g/mol. The molecular formula is C22H29N3O3. The number of benzene rings is 1. The first-order valence-corrected chi connectivity index (χ1v) is 10.0. The van der Waals surface area contributed by atoms with Gasteiger partial charge in [-0.3, -0.25) is 4.79 Å². The number of hydrogen-bond donors (Lipinski definition) is 0. The lowest BCUT2D eigenvalue weighted by molar-refractivity contribution is -0.151. The summed E-state index contributed by atoms with van der Waals surface area (Å²) in [5, 5.41) is 0. The third-order valence-electron chi connectivity index (χ3n) is 4.96. The van der Waals surface area contributed by atoms with Gasteiger partial charge in [-0.05, 0) is 36.8 Å². The maximum Gasteiger partial charge on any atom is 0.308 e. The van der Waals surface area contributed by atoms with Crippen LogP contribution in [0.4, 0.5) is 0 Å². The summed E-state index contributed by atoms with van der Waals surface area (Å²) < 4.78 is 13.3. The smallest absolute Gasteiger partial charge is 0.308 e. The Bertz CT molecular complexity index is 978. The van der Waals surface area contributed by atoms with E-state index in [0.717, 1.165) is 35.1 Å². The first-order chi connectivity index (χ1) is 13.5. The summed E-state index contributed by atoms with van der Waals surface area (Å²) in [6.07, 6.45) is 2.12. The van der Waals surface area contributed by atoms with Crippen molar-refractivity contribution in [2.45, 2.75) is 59.8 Å². The number of para-hydroxylation sites is 2. The van der Waals surface area contributed by atoms with Crippen molar-refractivity contribution in [2.24, 2.45) is 5.92 Å². The first kappa shape index (κ1) is 20.1. The summed E-state index contributed by atoms with van der Waals surface area (Å²) in [6.45, 7) is 10.2. The second-order valence-electron chi connectivity index (χ2n) is 7.56. The van der Waals surface area contributed by atoms with E-state index in [4.69, 9.17) is 14.5 Å². The van der Waals surface area contributed by atoms with Crippen molar-refractivity contribution >= 4 is 22.8 Å². The van der Waals surface area contributed by atoms with Crippen molar-refractivity contribution in [1.29, 1.82) is 0 Å². The predicted molar refractivity (Wildman–Crippen MR) is 110 cm³/mol. The van der Waals surface area contributed by atoms with Gasteiger partial charge in [0, 0.05) is 12.0 Å². The minimum absolute atomic E-state index is 0.121. The molecule has 0 saturated carbocycles. The number of rotatable bonds is 8. The van der Waals surface area contributed by atoms with Crippen LogP contribution in [0.25, 0.3) is 16.8 Å². The molecule has 3 aromatic rings. The van der Waals surface area contributed by atoms with Gasteiger partial charge in [-0.25, -0.2) is 14.4 Å². The Balaban J connectivity index is 2.07. The molecule has 0 fully saturated rings. The lowest BCUT2D eigenvalue weighted by atomic mass is 9.99. The van der Waals surface area contributed by atoms with Gasteiger partial charge in [0.2, 0.25) is 18.5 Å². The van der Waals surface area contributed by atoms with E-state index in [-0.39, 0.29) is 24.6 Å². The zero-order valence-corrected chi connectivity index (χ0v) is 17.4. The average Bonchev–Trinajstić information content (AvgIpc) is 3.04. The van der Waals surface area contributed by atoms with Gasteiger partial charge in [-0.1, -0.05) is 46.8 Å². The molecule has 0 aliphatic carbocycles. The molecule has 0 amide bonds. The van der Waals surface area contributed by atoms with Gasteiger partial charge >= 0.3 is 5.97 Å². The molecule has 0 spiro atoms. The lowest BCUT2D eigenvalue weighted by Crippen LogP contribution is -2.16. The van der Waals surface area contributed by atoms with Gasteiger partial charge in [0.05, 0.1) is 16.7 Å². The third-order valence-corrected chi connectivity index (χ3v) is 4.96. The number of nitrogens with zero attached hydrogens (tertiary/aromatic N) is 3. The SMILES string of the molecule is CCc1c(C(C)CC)nc2nc3ccccc3n2c1OCOC(=O)CC(C)C. The number of ether oxygens (including phenoxy) is 2. The fraction of sp³-hybridized carbons (Fsp3) is 0.500. The Morgan fingerprint density at radius 1 is 1.14 bits per heavy atom. The van der Waals surface area contributed by atoms with Gasteiger partial charge in [-0.15, -0.1) is 0 Å². The van der Waals surface area contributed by atoms with Crippen LogP contribution >= 0.6 is 0 Å². The highest BCUT2D eigenvalue weighted by molar-refractivity contribution is 5.80. The predicted octanol–water partition coefficient (Wildman–Crippen LogP) is 4.88. The fourth-order valence-electron chi connectivity index (χ4n) is 3.34. The molecule has 0 N–H and O–H groups in total. The average molecular weight is 383 g/mol. The maximum absolute atomic E-state index is 11.9. The third kappa shape index (κ3) is 3.96. The highest BCUT2D eigenvalue weighted by atomic mass is 16.7. The molecule has 0 aliphatic rings. The van der Waals surface area contributed by atoms with E-state index in [1.54, 1.807) is 0 Å². The number of esters is 1. The number of carbonyl (C=O) groups excluding carboxylic acids is 1. The largest absolute Gasteiger partial charge is 0.441 e. The van der Waals surface area contributed by atoms with Crippen LogP contribution in [0, 0.1) is 5.92 Å². The van der Waals surface area contributed by atoms with Crippen LogP contribution < -0.4 is 4.74 Å². The molecule has 1 unspecified atom stereocenters. The van der Waals surface area contributed by atoms with E-state index in [1.165, 1.54) is 0 Å². The summed E-state index contributed by atoms with van der Waals surface area (Å²) in [5.41, 5.74) is 3.82. The number of hydrogen-bond acceptors (Lipinski definition) is 5. The number of carbonyl (C=O) groups is 1. The lowest BCUT2D eigenvalue weighted by Gasteiger charge is -2.19. The van der Waals surface area contributed by atoms with Crippen LogP contribution in [0.3, 0.4) is 0 Å². The van der Waals surface area contributed by atoms with Crippen molar-refractivity contribution in [1.82, 2.24) is 14.4 Å². The Morgan fingerprint density at radius 3 is 2.57 bits per heavy atom. The molecule has 150 valence electrons. The van der Waals surface area contributed by atoms with Crippen LogP contribution in [-0.2, 0) is 16.0 Å². The molecule has 0 aliphatic heterocycles. The van der Waals surface area contributed by atoms with Crippen molar-refractivity contribution in [3.8, 4) is 5.88 Å². The summed E-state index contributed by atoms with van der Waals surface area (Å²) in [7, 11) is 0. The highest BCUT2D eigenvalue weighted by Gasteiger charge is 2.21. The highest BCUT2D eigenvalue weighted by Crippen LogP contribution is 2.32. The normalized spacial score (nSPS) is 12.6. The molecule has 3 rings (SSSR count). The Labute approximate surface area is 165 Å². The number of fused-ring (bicyclic) bond motifs is 3. The van der Waals surface area contributed by atoms with Gasteiger partial charge < -0.3 is 9.47 Å². The van der Waals surface area contributed by atoms with Crippen LogP contribution in [0.2, 0.25) is 0 Å². The van der Waals surface area contributed by atoms with E-state index in [9.17, 15) is 4.79 Å². The van der Waals surface area contributed by atoms with Crippen LogP contribution in [-0.4, -0.2) is 27.1 Å². The van der Waals surface area contributed by atoms with Crippen molar-refractivity contribution in [3.05, 3.63) is 35.5 Å². The summed E-state index contributed by atoms with van der Waals surface area (Å²) in [6, 6.07) is 7.89. The first-order valence-electron chi connectivity index (χ1n) is 10.0. The Morgan fingerprint density at radius 2 is 1.89 bits per heavy atom. The molecule has 0 saturated heterocycles. The minimum Gasteiger partial charge on any atom is -0.441 e. The summed E-state index contributed by atoms with van der Waals surface area (Å²) >= 11 is 0. The number of aromatic nitrogens is 3. The Kier molecular flexibility index (Phi) is 6.17. The topological polar surface area (TPSA) is 65.7 Å². The fourth-order valence-corrected chi connectivity index (χ4v) is 3.34. The molecule has 0 bridgehead atoms. The molecule has 2 heterocycles. The van der Waals surface area contributed by atoms with E-state index in [2.05, 4.69) is 25.8 Å². The molecule has 2 aromatic heterocycles. The van der Waals surface area contributed by atoms with Gasteiger partial charge in [0.1, 0.15) is 0 Å². The van der Waals surface area contributed by atoms with Crippen LogP contribution in [0.15, 0.2) is 24.3 Å². The summed E-state index contributed by atoms with van der Waals surface area (Å²) in [4.78, 5) is 21.4. The van der Waals surface area contributed by atoms with E-state index in [0.29, 0.717) is 18.1 Å². The van der Waals surface area contributed by atoms with E-state index >= 15 is 0 Å². The van der Waals surface area contributed by atoms with Gasteiger partial charge in [-0.2, -0.15) is 0 Å². The maximum atomic E-state index is 11.9. The van der Waals surface area contributed by atoms with Crippen molar-refractivity contribution in [3.63, 3.8) is 0 Å². The van der Waals surface area contributed by atoms with E-state index < -0.39 is 0 Å². The van der Waals surface area contributed by atoms with Crippen molar-refractivity contribution in [2.75, 3.05) is 6.79 Å². The zero-order chi connectivity index (χ0) is 20.3. The molecule has 0 radical (unpaired) electrons. The summed E-state index contributed by atoms with van der Waals surface area (Å²) in [5.74, 6) is 1.55. The molecule has 6 heteroatoms. The van der Waals surface area contributed by atoms with Gasteiger partial charge in [0.25, 0.3) is 0 Å². The minimum atomic E-state index is -0.254. The van der Waals surface area contributed by atoms with E-state index in [1.807, 2.05) is 42.5 Å². The number of imidazole rings is 1. The molecule has 1 atom stereocenters. The van der Waals surface area contributed by atoms with Crippen LogP contribution in [0.1, 0.15) is 64.6 Å². The molecule has 28 heavy (non-hydrogen) atoms. The second-order valence-corrected chi connectivity index (χ2v) is 7.56. The molecule has 6 nitrogen and oxygen atoms in total. The molecule has 1 aromatic carbocycles. The second kappa shape index (κ2) is 8.59. The quantitative estimate of drug-likeness (QED) is 0.409.